The van der Waals surface area contributed by atoms with Gasteiger partial charge in [-0.15, -0.1) is 0 Å². The van der Waals surface area contributed by atoms with E-state index in [2.05, 4.69) is 19.9 Å². The summed E-state index contributed by atoms with van der Waals surface area (Å²) in [5.74, 6) is 0.913. The number of benzene rings is 1. The molecule has 1 atom stereocenters. The molecule has 3 heteroatoms. The summed E-state index contributed by atoms with van der Waals surface area (Å²) in [6.07, 6.45) is 6.78. The number of rotatable bonds is 7. The molecule has 2 rings (SSSR count). The number of nitrogens with two attached hydrogens (primary N) is 1. The van der Waals surface area contributed by atoms with Crippen LogP contribution in [-0.4, -0.2) is 18.8 Å². The molecule has 0 bridgehead atoms. The van der Waals surface area contributed by atoms with Crippen molar-refractivity contribution in [3.05, 3.63) is 29.8 Å². The van der Waals surface area contributed by atoms with Crippen LogP contribution in [0.4, 0.5) is 0 Å². The Labute approximate surface area is 128 Å². The van der Waals surface area contributed by atoms with E-state index >= 15 is 0 Å². The highest BCUT2D eigenvalue weighted by Crippen LogP contribution is 2.42. The second-order valence-electron chi connectivity index (χ2n) is 5.92. The molecule has 0 spiro atoms. The summed E-state index contributed by atoms with van der Waals surface area (Å²) >= 11 is 0. The lowest BCUT2D eigenvalue weighted by Crippen LogP contribution is -2.45. The SMILES string of the molecule is CCCOc1ccccc1C(N)C1(OCC)CCCCC1. The summed E-state index contributed by atoms with van der Waals surface area (Å²) in [5, 5.41) is 0. The summed E-state index contributed by atoms with van der Waals surface area (Å²) in [5.41, 5.74) is 7.52. The quantitative estimate of drug-likeness (QED) is 0.818. The molecule has 0 radical (unpaired) electrons. The zero-order valence-electron chi connectivity index (χ0n) is 13.4. The third-order valence-corrected chi connectivity index (χ3v) is 4.41. The minimum Gasteiger partial charge on any atom is -0.493 e. The Morgan fingerprint density at radius 1 is 1.14 bits per heavy atom. The van der Waals surface area contributed by atoms with Gasteiger partial charge in [0, 0.05) is 12.2 Å². The van der Waals surface area contributed by atoms with Crippen LogP contribution in [0.15, 0.2) is 24.3 Å². The van der Waals surface area contributed by atoms with E-state index in [4.69, 9.17) is 15.2 Å². The van der Waals surface area contributed by atoms with Crippen LogP contribution in [0, 0.1) is 0 Å². The molecular formula is C18H29NO2. The van der Waals surface area contributed by atoms with Crippen molar-refractivity contribution in [2.75, 3.05) is 13.2 Å². The predicted molar refractivity (Wildman–Crippen MR) is 86.6 cm³/mol. The van der Waals surface area contributed by atoms with Crippen LogP contribution in [0.5, 0.6) is 5.75 Å². The number of hydrogen-bond donors (Lipinski definition) is 1. The molecule has 1 aliphatic carbocycles. The third kappa shape index (κ3) is 3.78. The zero-order chi connectivity index (χ0) is 15.1. The normalized spacial score (nSPS) is 19.2. The van der Waals surface area contributed by atoms with Crippen LogP contribution in [0.1, 0.15) is 64.0 Å². The van der Waals surface area contributed by atoms with Gasteiger partial charge in [0.15, 0.2) is 0 Å². The topological polar surface area (TPSA) is 44.5 Å². The second kappa shape index (κ2) is 7.81. The van der Waals surface area contributed by atoms with Gasteiger partial charge in [0.25, 0.3) is 0 Å². The van der Waals surface area contributed by atoms with Crippen LogP contribution < -0.4 is 10.5 Å². The molecule has 1 aliphatic rings. The smallest absolute Gasteiger partial charge is 0.124 e. The summed E-state index contributed by atoms with van der Waals surface area (Å²) < 4.78 is 12.1. The van der Waals surface area contributed by atoms with Crippen molar-refractivity contribution >= 4 is 0 Å². The van der Waals surface area contributed by atoms with Gasteiger partial charge in [0.1, 0.15) is 5.75 Å². The standard InChI is InChI=1S/C18H29NO2/c1-3-14-20-16-11-7-6-10-15(16)17(19)18(21-4-2)12-8-5-9-13-18/h6-7,10-11,17H,3-5,8-9,12-14,19H2,1-2H3. The molecule has 2 N–H and O–H groups in total. The van der Waals surface area contributed by atoms with Gasteiger partial charge in [0.2, 0.25) is 0 Å². The van der Waals surface area contributed by atoms with E-state index in [9.17, 15) is 0 Å². The molecule has 1 saturated carbocycles. The number of ether oxygens (including phenoxy) is 2. The third-order valence-electron chi connectivity index (χ3n) is 4.41. The molecular weight excluding hydrogens is 262 g/mol. The highest BCUT2D eigenvalue weighted by Gasteiger charge is 2.40. The molecule has 1 aromatic carbocycles. The highest BCUT2D eigenvalue weighted by atomic mass is 16.5. The molecule has 0 aromatic heterocycles. The number of para-hydroxylation sites is 1. The molecule has 0 amide bonds. The Morgan fingerprint density at radius 2 is 1.86 bits per heavy atom. The predicted octanol–water partition coefficient (Wildman–Crippen LogP) is 4.21. The van der Waals surface area contributed by atoms with Crippen LogP contribution in [0.3, 0.4) is 0 Å². The highest BCUT2D eigenvalue weighted by molar-refractivity contribution is 5.37. The van der Waals surface area contributed by atoms with Gasteiger partial charge >= 0.3 is 0 Å². The van der Waals surface area contributed by atoms with Gasteiger partial charge in [-0.05, 0) is 32.3 Å². The Hall–Kier alpha value is -1.06. The first kappa shape index (κ1) is 16.3. The Balaban J connectivity index is 2.25. The van der Waals surface area contributed by atoms with Crippen LogP contribution in [-0.2, 0) is 4.74 Å². The van der Waals surface area contributed by atoms with Crippen molar-refractivity contribution in [3.63, 3.8) is 0 Å². The fraction of sp³-hybridized carbons (Fsp3) is 0.667. The lowest BCUT2D eigenvalue weighted by molar-refractivity contribution is -0.0834. The first-order valence-electron chi connectivity index (χ1n) is 8.34. The van der Waals surface area contributed by atoms with Gasteiger partial charge < -0.3 is 15.2 Å². The lowest BCUT2D eigenvalue weighted by Gasteiger charge is -2.42. The van der Waals surface area contributed by atoms with Gasteiger partial charge in [-0.2, -0.15) is 0 Å². The van der Waals surface area contributed by atoms with Crippen molar-refractivity contribution in [3.8, 4) is 5.75 Å². The van der Waals surface area contributed by atoms with E-state index in [1.54, 1.807) is 0 Å². The van der Waals surface area contributed by atoms with Gasteiger partial charge in [-0.3, -0.25) is 0 Å². The second-order valence-corrected chi connectivity index (χ2v) is 5.92. The molecule has 1 unspecified atom stereocenters. The Bertz CT molecular complexity index is 421. The van der Waals surface area contributed by atoms with E-state index in [-0.39, 0.29) is 11.6 Å². The van der Waals surface area contributed by atoms with Crippen molar-refractivity contribution < 1.29 is 9.47 Å². The van der Waals surface area contributed by atoms with Crippen LogP contribution in [0.2, 0.25) is 0 Å². The van der Waals surface area contributed by atoms with Gasteiger partial charge in [-0.1, -0.05) is 44.4 Å². The number of hydrogen-bond acceptors (Lipinski definition) is 3. The van der Waals surface area contributed by atoms with Crippen LogP contribution >= 0.6 is 0 Å². The average molecular weight is 291 g/mol. The van der Waals surface area contributed by atoms with Crippen LogP contribution in [0.25, 0.3) is 0 Å². The van der Waals surface area contributed by atoms with E-state index in [1.165, 1.54) is 19.3 Å². The summed E-state index contributed by atoms with van der Waals surface area (Å²) in [6, 6.07) is 8.04. The largest absolute Gasteiger partial charge is 0.493 e. The molecule has 21 heavy (non-hydrogen) atoms. The van der Waals surface area contributed by atoms with Crippen molar-refractivity contribution in [2.24, 2.45) is 5.73 Å². The van der Waals surface area contributed by atoms with E-state index < -0.39 is 0 Å². The molecule has 1 fully saturated rings. The first-order valence-corrected chi connectivity index (χ1v) is 8.34. The van der Waals surface area contributed by atoms with Gasteiger partial charge in [-0.25, -0.2) is 0 Å². The lowest BCUT2D eigenvalue weighted by atomic mass is 9.77. The fourth-order valence-electron chi connectivity index (χ4n) is 3.35. The van der Waals surface area contributed by atoms with E-state index in [0.29, 0.717) is 6.61 Å². The minimum atomic E-state index is -0.224. The summed E-state index contributed by atoms with van der Waals surface area (Å²) in [7, 11) is 0. The van der Waals surface area contributed by atoms with E-state index in [1.807, 2.05) is 18.2 Å². The molecule has 3 nitrogen and oxygen atoms in total. The fourth-order valence-corrected chi connectivity index (χ4v) is 3.35. The maximum absolute atomic E-state index is 6.66. The molecule has 118 valence electrons. The molecule has 0 heterocycles. The molecule has 0 aliphatic heterocycles. The molecule has 1 aromatic rings. The minimum absolute atomic E-state index is 0.120. The summed E-state index contributed by atoms with van der Waals surface area (Å²) in [4.78, 5) is 0. The van der Waals surface area contributed by atoms with Crippen molar-refractivity contribution in [1.82, 2.24) is 0 Å². The van der Waals surface area contributed by atoms with Gasteiger partial charge in [0.05, 0.1) is 18.2 Å². The Kier molecular flexibility index (Phi) is 6.07. The monoisotopic (exact) mass is 291 g/mol. The zero-order valence-corrected chi connectivity index (χ0v) is 13.4. The molecule has 0 saturated heterocycles. The maximum Gasteiger partial charge on any atom is 0.124 e. The van der Waals surface area contributed by atoms with E-state index in [0.717, 1.165) is 37.2 Å². The maximum atomic E-state index is 6.66. The van der Waals surface area contributed by atoms with Crippen molar-refractivity contribution in [2.45, 2.75) is 64.0 Å². The Morgan fingerprint density at radius 3 is 2.52 bits per heavy atom. The summed E-state index contributed by atoms with van der Waals surface area (Å²) in [6.45, 7) is 5.62. The first-order chi connectivity index (χ1) is 10.2. The van der Waals surface area contributed by atoms with Crippen molar-refractivity contribution in [1.29, 1.82) is 0 Å². The average Bonchev–Trinajstić information content (AvgIpc) is 2.53.